The molecule has 2 aromatic rings. The van der Waals surface area contributed by atoms with Crippen LogP contribution in [0.1, 0.15) is 5.82 Å². The predicted octanol–water partition coefficient (Wildman–Crippen LogP) is 0.141. The number of rotatable bonds is 4. The zero-order chi connectivity index (χ0) is 12.1. The molecule has 0 unspecified atom stereocenters. The van der Waals surface area contributed by atoms with Gasteiger partial charge in [-0.1, -0.05) is 0 Å². The van der Waals surface area contributed by atoms with Gasteiger partial charge >= 0.3 is 0 Å². The lowest BCUT2D eigenvalue weighted by atomic mass is 10.4. The van der Waals surface area contributed by atoms with Crippen molar-refractivity contribution in [2.75, 3.05) is 13.6 Å². The van der Waals surface area contributed by atoms with Gasteiger partial charge < -0.3 is 15.5 Å². The van der Waals surface area contributed by atoms with Gasteiger partial charge in [0, 0.05) is 20.0 Å². The number of nitrogens with one attached hydrogen (secondary N) is 2. The number of guanidine groups is 1. The highest BCUT2D eigenvalue weighted by atomic mass is 16.3. The van der Waals surface area contributed by atoms with Gasteiger partial charge in [-0.3, -0.25) is 10.1 Å². The van der Waals surface area contributed by atoms with Crippen LogP contribution < -0.4 is 11.1 Å². The van der Waals surface area contributed by atoms with Crippen LogP contribution in [-0.4, -0.2) is 34.7 Å². The molecule has 0 aliphatic carbocycles. The minimum absolute atomic E-state index is 0.413. The minimum atomic E-state index is 0.413. The van der Waals surface area contributed by atoms with E-state index in [2.05, 4.69) is 25.5 Å². The lowest BCUT2D eigenvalue weighted by molar-refractivity contribution is 0.577. The molecule has 0 fully saturated rings. The minimum Gasteiger partial charge on any atom is -0.461 e. The highest BCUT2D eigenvalue weighted by molar-refractivity contribution is 5.77. The van der Waals surface area contributed by atoms with Crippen molar-refractivity contribution < 1.29 is 4.42 Å². The Labute approximate surface area is 98.1 Å². The van der Waals surface area contributed by atoms with E-state index >= 15 is 0 Å². The average molecular weight is 234 g/mol. The quantitative estimate of drug-likeness (QED) is 0.515. The molecule has 0 atom stereocenters. The molecule has 0 radical (unpaired) electrons. The molecule has 0 amide bonds. The Kier molecular flexibility index (Phi) is 3.39. The lowest BCUT2D eigenvalue weighted by Crippen LogP contribution is -2.33. The summed E-state index contributed by atoms with van der Waals surface area (Å²) in [4.78, 5) is 8.08. The second-order valence-electron chi connectivity index (χ2n) is 3.37. The molecule has 2 heterocycles. The van der Waals surface area contributed by atoms with Gasteiger partial charge in [-0.25, -0.2) is 4.98 Å². The summed E-state index contributed by atoms with van der Waals surface area (Å²) in [5.41, 5.74) is 5.50. The smallest absolute Gasteiger partial charge is 0.216 e. The first-order valence-corrected chi connectivity index (χ1v) is 5.21. The molecule has 2 aromatic heterocycles. The van der Waals surface area contributed by atoms with Crippen molar-refractivity contribution >= 4 is 5.96 Å². The first-order valence-electron chi connectivity index (χ1n) is 5.21. The molecule has 90 valence electrons. The monoisotopic (exact) mass is 234 g/mol. The SMILES string of the molecule is CN=C(N)NCCc1nc(-c2ccco2)n[nH]1. The lowest BCUT2D eigenvalue weighted by Gasteiger charge is -2.01. The summed E-state index contributed by atoms with van der Waals surface area (Å²) in [6.07, 6.45) is 2.27. The number of aromatic amines is 1. The number of H-pyrrole nitrogens is 1. The Morgan fingerprint density at radius 3 is 3.24 bits per heavy atom. The summed E-state index contributed by atoms with van der Waals surface area (Å²) in [5, 5.41) is 9.84. The topological polar surface area (TPSA) is 105 Å². The zero-order valence-electron chi connectivity index (χ0n) is 9.47. The third-order valence-electron chi connectivity index (χ3n) is 2.18. The maximum atomic E-state index is 5.50. The Bertz CT molecular complexity index is 487. The van der Waals surface area contributed by atoms with Gasteiger partial charge in [-0.15, -0.1) is 0 Å². The van der Waals surface area contributed by atoms with Crippen LogP contribution in [0.3, 0.4) is 0 Å². The van der Waals surface area contributed by atoms with Crippen LogP contribution in [0.2, 0.25) is 0 Å². The van der Waals surface area contributed by atoms with E-state index in [1.165, 1.54) is 0 Å². The van der Waals surface area contributed by atoms with E-state index in [0.717, 1.165) is 5.82 Å². The molecule has 2 rings (SSSR count). The third kappa shape index (κ3) is 2.83. The second kappa shape index (κ2) is 5.15. The van der Waals surface area contributed by atoms with Crippen LogP contribution in [-0.2, 0) is 6.42 Å². The molecule has 17 heavy (non-hydrogen) atoms. The number of hydrogen-bond acceptors (Lipinski definition) is 4. The van der Waals surface area contributed by atoms with E-state index < -0.39 is 0 Å². The van der Waals surface area contributed by atoms with E-state index in [-0.39, 0.29) is 0 Å². The summed E-state index contributed by atoms with van der Waals surface area (Å²) in [6, 6.07) is 3.61. The molecule has 7 heteroatoms. The fourth-order valence-electron chi connectivity index (χ4n) is 1.31. The summed E-state index contributed by atoms with van der Waals surface area (Å²) in [6.45, 7) is 0.649. The summed E-state index contributed by atoms with van der Waals surface area (Å²) >= 11 is 0. The molecule has 0 aliphatic rings. The Morgan fingerprint density at radius 2 is 2.53 bits per heavy atom. The van der Waals surface area contributed by atoms with E-state index in [1.54, 1.807) is 19.4 Å². The number of nitrogens with two attached hydrogens (primary N) is 1. The van der Waals surface area contributed by atoms with E-state index in [9.17, 15) is 0 Å². The Hall–Kier alpha value is -2.31. The highest BCUT2D eigenvalue weighted by Gasteiger charge is 2.07. The van der Waals surface area contributed by atoms with Crippen molar-refractivity contribution in [3.63, 3.8) is 0 Å². The third-order valence-corrected chi connectivity index (χ3v) is 2.18. The van der Waals surface area contributed by atoms with Gasteiger partial charge in [0.15, 0.2) is 11.7 Å². The molecule has 0 aliphatic heterocycles. The van der Waals surface area contributed by atoms with Gasteiger partial charge in [0.2, 0.25) is 5.82 Å². The number of nitrogens with zero attached hydrogens (tertiary/aromatic N) is 3. The largest absolute Gasteiger partial charge is 0.461 e. The van der Waals surface area contributed by atoms with Crippen molar-refractivity contribution in [3.8, 4) is 11.6 Å². The predicted molar refractivity (Wildman–Crippen MR) is 63.3 cm³/mol. The fraction of sp³-hybridized carbons (Fsp3) is 0.300. The van der Waals surface area contributed by atoms with Crippen molar-refractivity contribution in [2.45, 2.75) is 6.42 Å². The first-order chi connectivity index (χ1) is 8.29. The maximum Gasteiger partial charge on any atom is 0.216 e. The van der Waals surface area contributed by atoms with Gasteiger partial charge in [-0.05, 0) is 12.1 Å². The number of furan rings is 1. The van der Waals surface area contributed by atoms with Crippen molar-refractivity contribution in [2.24, 2.45) is 10.7 Å². The Morgan fingerprint density at radius 1 is 1.65 bits per heavy atom. The van der Waals surface area contributed by atoms with Crippen molar-refractivity contribution in [3.05, 3.63) is 24.2 Å². The number of aromatic nitrogens is 3. The van der Waals surface area contributed by atoms with Crippen LogP contribution in [0.15, 0.2) is 27.8 Å². The molecule has 0 saturated carbocycles. The normalized spacial score (nSPS) is 11.7. The van der Waals surface area contributed by atoms with Gasteiger partial charge in [0.05, 0.1) is 6.26 Å². The molecule has 0 spiro atoms. The molecule has 0 bridgehead atoms. The first kappa shape index (κ1) is 11.2. The molecular formula is C10H14N6O. The van der Waals surface area contributed by atoms with Crippen LogP contribution in [0.5, 0.6) is 0 Å². The number of aliphatic imine (C=N–C) groups is 1. The zero-order valence-corrected chi connectivity index (χ0v) is 9.47. The van der Waals surface area contributed by atoms with Crippen LogP contribution in [0.25, 0.3) is 11.6 Å². The van der Waals surface area contributed by atoms with Gasteiger partial charge in [-0.2, -0.15) is 5.10 Å². The summed E-state index contributed by atoms with van der Waals surface area (Å²) in [7, 11) is 1.63. The van der Waals surface area contributed by atoms with Crippen molar-refractivity contribution in [1.82, 2.24) is 20.5 Å². The fourth-order valence-corrected chi connectivity index (χ4v) is 1.31. The van der Waals surface area contributed by atoms with Crippen LogP contribution >= 0.6 is 0 Å². The van der Waals surface area contributed by atoms with E-state index in [0.29, 0.717) is 30.5 Å². The second-order valence-corrected chi connectivity index (χ2v) is 3.37. The molecule has 7 nitrogen and oxygen atoms in total. The summed E-state index contributed by atoms with van der Waals surface area (Å²) in [5.74, 6) is 2.39. The maximum absolute atomic E-state index is 5.50. The average Bonchev–Trinajstić information content (AvgIpc) is 2.98. The van der Waals surface area contributed by atoms with Gasteiger partial charge in [0.1, 0.15) is 5.82 Å². The van der Waals surface area contributed by atoms with E-state index in [1.807, 2.05) is 6.07 Å². The summed E-state index contributed by atoms with van der Waals surface area (Å²) < 4.78 is 5.19. The molecule has 0 aromatic carbocycles. The van der Waals surface area contributed by atoms with E-state index in [4.69, 9.17) is 10.2 Å². The number of hydrogen-bond donors (Lipinski definition) is 3. The molecule has 0 saturated heterocycles. The van der Waals surface area contributed by atoms with Gasteiger partial charge in [0.25, 0.3) is 0 Å². The highest BCUT2D eigenvalue weighted by Crippen LogP contribution is 2.14. The molecular weight excluding hydrogens is 220 g/mol. The standard InChI is InChI=1S/C10H14N6O/c1-12-10(11)13-5-4-8-14-9(16-15-8)7-3-2-6-17-7/h2-3,6H,4-5H2,1H3,(H3,11,12,13)(H,14,15,16). The van der Waals surface area contributed by atoms with Crippen LogP contribution in [0.4, 0.5) is 0 Å². The van der Waals surface area contributed by atoms with Crippen molar-refractivity contribution in [1.29, 1.82) is 0 Å². The molecule has 4 N–H and O–H groups in total. The Balaban J connectivity index is 1.91. The van der Waals surface area contributed by atoms with Crippen LogP contribution in [0, 0.1) is 0 Å².